The molecule has 0 bridgehead atoms. The molecule has 0 amide bonds. The molecule has 1 aromatic carbocycles. The number of rotatable bonds is 9. The van der Waals surface area contributed by atoms with Crippen LogP contribution in [0, 0.1) is 0 Å². The predicted octanol–water partition coefficient (Wildman–Crippen LogP) is 2.26. The van der Waals surface area contributed by atoms with Crippen LogP contribution >= 0.6 is 0 Å². The van der Waals surface area contributed by atoms with Crippen LogP contribution in [0.5, 0.6) is 0 Å². The van der Waals surface area contributed by atoms with E-state index in [-0.39, 0.29) is 12.6 Å². The van der Waals surface area contributed by atoms with Gasteiger partial charge < -0.3 is 15.3 Å². The van der Waals surface area contributed by atoms with E-state index >= 15 is 0 Å². The van der Waals surface area contributed by atoms with Gasteiger partial charge in [0.05, 0.1) is 6.61 Å². The average molecular weight is 250 g/mol. The number of nitrogens with zero attached hydrogens (tertiary/aromatic N) is 1. The first-order valence-electron chi connectivity index (χ1n) is 6.96. The molecular formula is C15H26N2O. The summed E-state index contributed by atoms with van der Waals surface area (Å²) < 4.78 is 0. The van der Waals surface area contributed by atoms with Gasteiger partial charge >= 0.3 is 0 Å². The molecule has 1 unspecified atom stereocenters. The van der Waals surface area contributed by atoms with Crippen LogP contribution in [-0.4, -0.2) is 37.4 Å². The molecular weight excluding hydrogens is 224 g/mol. The van der Waals surface area contributed by atoms with Crippen molar-refractivity contribution in [1.82, 2.24) is 5.32 Å². The summed E-state index contributed by atoms with van der Waals surface area (Å²) in [6.45, 7) is 7.47. The molecule has 3 nitrogen and oxygen atoms in total. The van der Waals surface area contributed by atoms with Crippen molar-refractivity contribution in [2.75, 3.05) is 31.1 Å². The highest BCUT2D eigenvalue weighted by Crippen LogP contribution is 2.13. The fourth-order valence-corrected chi connectivity index (χ4v) is 2.03. The number of aliphatic hydroxyl groups is 1. The molecule has 0 fully saturated rings. The van der Waals surface area contributed by atoms with Gasteiger partial charge in [-0.3, -0.25) is 0 Å². The van der Waals surface area contributed by atoms with Crippen LogP contribution in [0.25, 0.3) is 0 Å². The van der Waals surface area contributed by atoms with Gasteiger partial charge in [-0.05, 0) is 38.4 Å². The second-order valence-electron chi connectivity index (χ2n) is 4.54. The van der Waals surface area contributed by atoms with Crippen molar-refractivity contribution in [3.63, 3.8) is 0 Å². The molecule has 0 radical (unpaired) electrons. The Morgan fingerprint density at radius 2 is 1.94 bits per heavy atom. The van der Waals surface area contributed by atoms with E-state index < -0.39 is 0 Å². The smallest absolute Gasteiger partial charge is 0.0585 e. The average Bonchev–Trinajstić information content (AvgIpc) is 2.44. The van der Waals surface area contributed by atoms with E-state index in [9.17, 15) is 5.11 Å². The highest BCUT2D eigenvalue weighted by atomic mass is 16.3. The van der Waals surface area contributed by atoms with Crippen LogP contribution in [0.1, 0.15) is 26.7 Å². The van der Waals surface area contributed by atoms with E-state index in [4.69, 9.17) is 0 Å². The molecule has 0 heterocycles. The van der Waals surface area contributed by atoms with Crippen LogP contribution in [0.2, 0.25) is 0 Å². The van der Waals surface area contributed by atoms with E-state index in [1.54, 1.807) is 0 Å². The van der Waals surface area contributed by atoms with Crippen molar-refractivity contribution in [1.29, 1.82) is 0 Å². The normalized spacial score (nSPS) is 12.4. The maximum absolute atomic E-state index is 9.33. The summed E-state index contributed by atoms with van der Waals surface area (Å²) in [6.07, 6.45) is 2.08. The van der Waals surface area contributed by atoms with Crippen molar-refractivity contribution in [2.24, 2.45) is 0 Å². The number of anilines is 1. The molecule has 1 atom stereocenters. The van der Waals surface area contributed by atoms with Crippen molar-refractivity contribution in [3.05, 3.63) is 30.3 Å². The summed E-state index contributed by atoms with van der Waals surface area (Å²) in [5, 5.41) is 12.7. The van der Waals surface area contributed by atoms with Gasteiger partial charge in [-0.2, -0.15) is 0 Å². The maximum Gasteiger partial charge on any atom is 0.0585 e. The fraction of sp³-hybridized carbons (Fsp3) is 0.600. The van der Waals surface area contributed by atoms with Gasteiger partial charge in [0.1, 0.15) is 0 Å². The Morgan fingerprint density at radius 1 is 1.22 bits per heavy atom. The Balaban J connectivity index is 2.43. The van der Waals surface area contributed by atoms with Gasteiger partial charge in [-0.15, -0.1) is 0 Å². The Morgan fingerprint density at radius 3 is 2.50 bits per heavy atom. The summed E-state index contributed by atoms with van der Waals surface area (Å²) in [5.74, 6) is 0. The second kappa shape index (κ2) is 8.95. The van der Waals surface area contributed by atoms with E-state index in [1.807, 2.05) is 6.07 Å². The SMILES string of the molecule is CCCNC(CO)CCN(CC)c1ccccc1. The zero-order valence-corrected chi connectivity index (χ0v) is 11.6. The van der Waals surface area contributed by atoms with Crippen LogP contribution < -0.4 is 10.2 Å². The van der Waals surface area contributed by atoms with Crippen LogP contribution in [0.3, 0.4) is 0 Å². The molecule has 0 saturated carbocycles. The highest BCUT2D eigenvalue weighted by molar-refractivity contribution is 5.45. The van der Waals surface area contributed by atoms with Crippen molar-refractivity contribution in [2.45, 2.75) is 32.7 Å². The number of aliphatic hydroxyl groups excluding tert-OH is 1. The largest absolute Gasteiger partial charge is 0.395 e. The summed E-state index contributed by atoms with van der Waals surface area (Å²) in [6, 6.07) is 10.7. The maximum atomic E-state index is 9.33. The number of benzene rings is 1. The van der Waals surface area contributed by atoms with Crippen LogP contribution in [-0.2, 0) is 0 Å². The van der Waals surface area contributed by atoms with E-state index in [0.29, 0.717) is 0 Å². The molecule has 0 aromatic heterocycles. The number of hydrogen-bond acceptors (Lipinski definition) is 3. The fourth-order valence-electron chi connectivity index (χ4n) is 2.03. The lowest BCUT2D eigenvalue weighted by Crippen LogP contribution is -2.37. The van der Waals surface area contributed by atoms with Crippen molar-refractivity contribution < 1.29 is 5.11 Å². The molecule has 102 valence electrons. The minimum atomic E-state index is 0.211. The minimum Gasteiger partial charge on any atom is -0.395 e. The summed E-state index contributed by atoms with van der Waals surface area (Å²) in [5.41, 5.74) is 1.26. The third-order valence-corrected chi connectivity index (χ3v) is 3.15. The first-order chi connectivity index (χ1) is 8.81. The first-order valence-corrected chi connectivity index (χ1v) is 6.96. The number of nitrogens with one attached hydrogen (secondary N) is 1. The van der Waals surface area contributed by atoms with Gasteiger partial charge in [0, 0.05) is 24.8 Å². The third kappa shape index (κ3) is 5.07. The van der Waals surface area contributed by atoms with E-state index in [1.165, 1.54) is 5.69 Å². The topological polar surface area (TPSA) is 35.5 Å². The lowest BCUT2D eigenvalue weighted by molar-refractivity contribution is 0.237. The molecule has 0 aliphatic rings. The Bertz CT molecular complexity index is 303. The third-order valence-electron chi connectivity index (χ3n) is 3.15. The summed E-state index contributed by atoms with van der Waals surface area (Å²) >= 11 is 0. The van der Waals surface area contributed by atoms with Gasteiger partial charge in [-0.1, -0.05) is 25.1 Å². The molecule has 3 heteroatoms. The van der Waals surface area contributed by atoms with Crippen LogP contribution in [0.15, 0.2) is 30.3 Å². The summed E-state index contributed by atoms with van der Waals surface area (Å²) in [4.78, 5) is 2.34. The van der Waals surface area contributed by atoms with E-state index in [0.717, 1.165) is 32.5 Å². The van der Waals surface area contributed by atoms with E-state index in [2.05, 4.69) is 48.3 Å². The Hall–Kier alpha value is -1.06. The monoisotopic (exact) mass is 250 g/mol. The Kier molecular flexibility index (Phi) is 7.46. The Labute approximate surface area is 111 Å². The minimum absolute atomic E-state index is 0.211. The lowest BCUT2D eigenvalue weighted by atomic mass is 10.2. The predicted molar refractivity (Wildman–Crippen MR) is 78.1 cm³/mol. The molecule has 0 aliphatic heterocycles. The zero-order chi connectivity index (χ0) is 13.2. The first kappa shape index (κ1) is 15.0. The molecule has 0 aliphatic carbocycles. The van der Waals surface area contributed by atoms with Crippen molar-refractivity contribution >= 4 is 5.69 Å². The zero-order valence-electron chi connectivity index (χ0n) is 11.6. The quantitative estimate of drug-likeness (QED) is 0.706. The van der Waals surface area contributed by atoms with Crippen LogP contribution in [0.4, 0.5) is 5.69 Å². The lowest BCUT2D eigenvalue weighted by Gasteiger charge is -2.25. The second-order valence-corrected chi connectivity index (χ2v) is 4.54. The molecule has 0 spiro atoms. The highest BCUT2D eigenvalue weighted by Gasteiger charge is 2.09. The van der Waals surface area contributed by atoms with Gasteiger partial charge in [0.15, 0.2) is 0 Å². The van der Waals surface area contributed by atoms with Gasteiger partial charge in [0.25, 0.3) is 0 Å². The van der Waals surface area contributed by atoms with Gasteiger partial charge in [-0.25, -0.2) is 0 Å². The summed E-state index contributed by atoms with van der Waals surface area (Å²) in [7, 11) is 0. The number of para-hydroxylation sites is 1. The van der Waals surface area contributed by atoms with Crippen molar-refractivity contribution in [3.8, 4) is 0 Å². The standard InChI is InChI=1S/C15H26N2O/c1-3-11-16-14(13-18)10-12-17(4-2)15-8-6-5-7-9-15/h5-9,14,16,18H,3-4,10-13H2,1-2H3. The molecule has 2 N–H and O–H groups in total. The molecule has 18 heavy (non-hydrogen) atoms. The molecule has 0 saturated heterocycles. The number of hydrogen-bond donors (Lipinski definition) is 2. The molecule has 1 aromatic rings. The van der Waals surface area contributed by atoms with Gasteiger partial charge in [0.2, 0.25) is 0 Å². The molecule has 1 rings (SSSR count).